The molecular formula is C15H21NO8S2. The molecule has 1 aromatic carbocycles. The van der Waals surface area contributed by atoms with Gasteiger partial charge in [0.25, 0.3) is 5.91 Å². The summed E-state index contributed by atoms with van der Waals surface area (Å²) in [5.41, 5.74) is 1.46. The minimum Gasteiger partial charge on any atom is -0.478 e. The van der Waals surface area contributed by atoms with Crippen LogP contribution in [0.15, 0.2) is 29.2 Å². The van der Waals surface area contributed by atoms with Crippen LogP contribution in [-0.2, 0) is 34.6 Å². The van der Waals surface area contributed by atoms with Crippen LogP contribution in [0.4, 0.5) is 0 Å². The van der Waals surface area contributed by atoms with E-state index in [0.29, 0.717) is 5.75 Å². The second-order valence-electron chi connectivity index (χ2n) is 5.49. The zero-order valence-corrected chi connectivity index (χ0v) is 15.8. The summed E-state index contributed by atoms with van der Waals surface area (Å²) >= 11 is -1.60. The molecule has 0 aromatic heterocycles. The molecule has 0 spiro atoms. The predicted octanol–water partition coefficient (Wildman–Crippen LogP) is 0.551. The second kappa shape index (κ2) is 8.91. The number of rotatable bonds is 8. The van der Waals surface area contributed by atoms with Crippen LogP contribution >= 0.6 is 0 Å². The third kappa shape index (κ3) is 4.23. The molecule has 1 heterocycles. The number of hydrogen-bond donors (Lipinski definition) is 2. The lowest BCUT2D eigenvalue weighted by atomic mass is 9.98. The molecule has 1 unspecified atom stereocenters. The Balaban J connectivity index is 2.22. The van der Waals surface area contributed by atoms with Crippen molar-refractivity contribution in [3.63, 3.8) is 0 Å². The molecule has 1 fully saturated rings. The number of ether oxygens (including phenoxy) is 2. The van der Waals surface area contributed by atoms with Crippen molar-refractivity contribution < 1.29 is 36.3 Å². The highest BCUT2D eigenvalue weighted by Gasteiger charge is 2.52. The summed E-state index contributed by atoms with van der Waals surface area (Å²) in [6.07, 6.45) is -0.124. The van der Waals surface area contributed by atoms with E-state index in [2.05, 4.69) is 0 Å². The Hall–Kier alpha value is -1.53. The molecule has 0 aliphatic carbocycles. The lowest BCUT2D eigenvalue weighted by Crippen LogP contribution is -2.54. The van der Waals surface area contributed by atoms with E-state index in [4.69, 9.17) is 18.9 Å². The first-order valence-corrected chi connectivity index (χ1v) is 10.6. The highest BCUT2D eigenvalue weighted by atomic mass is 32.2. The molecule has 1 atom stereocenters. The number of hydroxylamine groups is 1. The summed E-state index contributed by atoms with van der Waals surface area (Å²) in [5.74, 6) is -0.855. The number of carbonyl (C=O) groups excluding carboxylic acids is 1. The molecule has 2 N–H and O–H groups in total. The topological polar surface area (TPSA) is 128 Å². The Bertz CT molecular complexity index is 741. The molecule has 0 saturated carbocycles. The third-order valence-corrected chi connectivity index (χ3v) is 7.36. The van der Waals surface area contributed by atoms with E-state index in [0.717, 1.165) is 0 Å². The Kier molecular flexibility index (Phi) is 7.12. The van der Waals surface area contributed by atoms with Crippen LogP contribution in [-0.4, -0.2) is 54.2 Å². The molecule has 1 saturated heterocycles. The Morgan fingerprint density at radius 3 is 2.46 bits per heavy atom. The molecule has 1 aromatic rings. The van der Waals surface area contributed by atoms with Gasteiger partial charge in [0, 0.05) is 13.2 Å². The molecule has 26 heavy (non-hydrogen) atoms. The van der Waals surface area contributed by atoms with Crippen molar-refractivity contribution in [2.45, 2.75) is 29.4 Å². The van der Waals surface area contributed by atoms with E-state index in [1.54, 1.807) is 6.92 Å². The van der Waals surface area contributed by atoms with Crippen molar-refractivity contribution in [2.24, 2.45) is 0 Å². The zero-order valence-electron chi connectivity index (χ0n) is 14.2. The third-order valence-electron chi connectivity index (χ3n) is 4.04. The number of amides is 1. The molecule has 146 valence electrons. The lowest BCUT2D eigenvalue weighted by Gasteiger charge is -2.34. The van der Waals surface area contributed by atoms with E-state index in [1.807, 2.05) is 0 Å². The first kappa shape index (κ1) is 20.8. The summed E-state index contributed by atoms with van der Waals surface area (Å²) < 4.78 is 50.9. The van der Waals surface area contributed by atoms with Gasteiger partial charge >= 0.3 is 0 Å². The highest BCUT2D eigenvalue weighted by molar-refractivity contribution is 7.93. The van der Waals surface area contributed by atoms with Gasteiger partial charge in [-0.2, -0.15) is 0 Å². The molecule has 0 bridgehead atoms. The first-order valence-electron chi connectivity index (χ1n) is 7.89. The van der Waals surface area contributed by atoms with Crippen LogP contribution in [0.1, 0.15) is 19.8 Å². The largest absolute Gasteiger partial charge is 0.478 e. The number of hydrogen-bond acceptors (Lipinski definition) is 8. The van der Waals surface area contributed by atoms with Crippen molar-refractivity contribution in [2.75, 3.05) is 25.8 Å². The van der Waals surface area contributed by atoms with Gasteiger partial charge in [0.15, 0.2) is 31.6 Å². The minimum atomic E-state index is -4.08. The number of sulfone groups is 1. The first-order chi connectivity index (χ1) is 12.4. The van der Waals surface area contributed by atoms with Gasteiger partial charge in [-0.15, -0.1) is 0 Å². The second-order valence-corrected chi connectivity index (χ2v) is 8.83. The maximum absolute atomic E-state index is 13.0. The SMILES string of the molecule is CCOS(=O)COc1ccc(S(=O)(=O)C2(C(=O)NO)CCOCC2)cc1. The van der Waals surface area contributed by atoms with Crippen molar-refractivity contribution in [1.29, 1.82) is 0 Å². The van der Waals surface area contributed by atoms with Gasteiger partial charge in [-0.25, -0.2) is 18.1 Å². The van der Waals surface area contributed by atoms with E-state index >= 15 is 0 Å². The molecule has 9 nitrogen and oxygen atoms in total. The summed E-state index contributed by atoms with van der Waals surface area (Å²) in [6, 6.07) is 5.41. The normalized spacial score (nSPS) is 18.1. The summed E-state index contributed by atoms with van der Waals surface area (Å²) in [6.45, 7) is 2.17. The standard InChI is InChI=1S/C15H21NO8S2/c1-2-24-25(19)11-23-12-3-5-13(6-4-12)26(20,21)15(14(17)16-18)7-9-22-10-8-15/h3-6,18H,2,7-11H2,1H3,(H,16,17). The van der Waals surface area contributed by atoms with Crippen LogP contribution in [0.2, 0.25) is 0 Å². The summed E-state index contributed by atoms with van der Waals surface area (Å²) in [4.78, 5) is 12.1. The fourth-order valence-electron chi connectivity index (χ4n) is 2.64. The van der Waals surface area contributed by atoms with Gasteiger partial charge in [0.05, 0.1) is 11.5 Å². The van der Waals surface area contributed by atoms with E-state index < -0.39 is 31.6 Å². The number of carbonyl (C=O) groups is 1. The molecular weight excluding hydrogens is 386 g/mol. The summed E-state index contributed by atoms with van der Waals surface area (Å²) in [5, 5.41) is 9.01. The fourth-order valence-corrected chi connectivity index (χ4v) is 5.15. The van der Waals surface area contributed by atoms with Crippen LogP contribution in [0, 0.1) is 0 Å². The maximum Gasteiger partial charge on any atom is 0.265 e. The monoisotopic (exact) mass is 407 g/mol. The molecule has 11 heteroatoms. The van der Waals surface area contributed by atoms with Gasteiger partial charge in [-0.1, -0.05) is 0 Å². The number of nitrogens with one attached hydrogen (secondary N) is 1. The lowest BCUT2D eigenvalue weighted by molar-refractivity contribution is -0.134. The quantitative estimate of drug-likeness (QED) is 0.472. The zero-order chi connectivity index (χ0) is 19.2. The van der Waals surface area contributed by atoms with Crippen molar-refractivity contribution >= 4 is 26.8 Å². The van der Waals surface area contributed by atoms with Crippen LogP contribution < -0.4 is 10.2 Å². The van der Waals surface area contributed by atoms with Crippen molar-refractivity contribution in [3.8, 4) is 5.75 Å². The predicted molar refractivity (Wildman–Crippen MR) is 91.6 cm³/mol. The average molecular weight is 407 g/mol. The van der Waals surface area contributed by atoms with E-state index in [1.165, 1.54) is 29.7 Å². The molecule has 1 amide bonds. The maximum atomic E-state index is 13.0. The Morgan fingerprint density at radius 1 is 1.31 bits per heavy atom. The van der Waals surface area contributed by atoms with Crippen molar-refractivity contribution in [3.05, 3.63) is 24.3 Å². The highest BCUT2D eigenvalue weighted by Crippen LogP contribution is 2.35. The van der Waals surface area contributed by atoms with Gasteiger partial charge in [0.1, 0.15) is 5.75 Å². The van der Waals surface area contributed by atoms with E-state index in [-0.39, 0.29) is 43.5 Å². The van der Waals surface area contributed by atoms with Gasteiger partial charge in [-0.05, 0) is 44.0 Å². The smallest absolute Gasteiger partial charge is 0.265 e. The molecule has 2 rings (SSSR count). The van der Waals surface area contributed by atoms with Gasteiger partial charge < -0.3 is 9.47 Å². The Morgan fingerprint density at radius 2 is 1.92 bits per heavy atom. The average Bonchev–Trinajstić information content (AvgIpc) is 2.66. The molecule has 1 aliphatic rings. The van der Waals surface area contributed by atoms with Crippen LogP contribution in [0.3, 0.4) is 0 Å². The molecule has 1 aliphatic heterocycles. The fraction of sp³-hybridized carbons (Fsp3) is 0.533. The Labute approximate surface area is 154 Å². The summed E-state index contributed by atoms with van der Waals surface area (Å²) in [7, 11) is -4.08. The minimum absolute atomic E-state index is 0.0622. The van der Waals surface area contributed by atoms with E-state index in [9.17, 15) is 17.4 Å². The van der Waals surface area contributed by atoms with Crippen molar-refractivity contribution in [1.82, 2.24) is 5.48 Å². The number of benzene rings is 1. The van der Waals surface area contributed by atoms with Gasteiger partial charge in [-0.3, -0.25) is 14.2 Å². The van der Waals surface area contributed by atoms with Crippen LogP contribution in [0.25, 0.3) is 0 Å². The van der Waals surface area contributed by atoms with Crippen LogP contribution in [0.5, 0.6) is 5.75 Å². The molecule has 0 radical (unpaired) electrons. The van der Waals surface area contributed by atoms with Gasteiger partial charge in [0.2, 0.25) is 0 Å².